The number of anilines is 1. The largest absolute Gasteiger partial charge is 0.370 e. The van der Waals surface area contributed by atoms with E-state index in [0.717, 1.165) is 25.2 Å². The van der Waals surface area contributed by atoms with Crippen molar-refractivity contribution in [1.29, 1.82) is 0 Å². The molecular formula is C11H16ClN3O2. The van der Waals surface area contributed by atoms with Crippen molar-refractivity contribution in [3.8, 4) is 0 Å². The van der Waals surface area contributed by atoms with E-state index in [4.69, 9.17) is 0 Å². The summed E-state index contributed by atoms with van der Waals surface area (Å²) in [6.07, 6.45) is 1.12. The van der Waals surface area contributed by atoms with Crippen LogP contribution in [0.25, 0.3) is 0 Å². The van der Waals surface area contributed by atoms with Crippen molar-refractivity contribution in [3.05, 3.63) is 34.4 Å². The molecule has 94 valence electrons. The van der Waals surface area contributed by atoms with Crippen LogP contribution in [0, 0.1) is 10.1 Å². The first-order valence-electron chi connectivity index (χ1n) is 5.36. The normalized spacial score (nSPS) is 18.5. The fourth-order valence-corrected chi connectivity index (χ4v) is 1.99. The number of nitro groups is 1. The summed E-state index contributed by atoms with van der Waals surface area (Å²) in [6.45, 7) is 2.02. The second-order valence-electron chi connectivity index (χ2n) is 4.03. The molecule has 0 bridgehead atoms. The van der Waals surface area contributed by atoms with Gasteiger partial charge in [-0.3, -0.25) is 10.1 Å². The molecular weight excluding hydrogens is 242 g/mol. The van der Waals surface area contributed by atoms with E-state index in [1.165, 1.54) is 0 Å². The van der Waals surface area contributed by atoms with Crippen molar-refractivity contribution < 1.29 is 4.92 Å². The first-order valence-corrected chi connectivity index (χ1v) is 5.36. The minimum absolute atomic E-state index is 0. The summed E-state index contributed by atoms with van der Waals surface area (Å²) < 4.78 is 0. The molecule has 0 spiro atoms. The molecule has 1 saturated heterocycles. The maximum absolute atomic E-state index is 10.5. The van der Waals surface area contributed by atoms with Crippen LogP contribution in [0.2, 0.25) is 0 Å². The lowest BCUT2D eigenvalue weighted by Crippen LogP contribution is -2.33. The Kier molecular flexibility index (Phi) is 4.72. The molecule has 1 N–H and O–H groups in total. The fourth-order valence-electron chi connectivity index (χ4n) is 1.99. The molecule has 1 aromatic carbocycles. The lowest BCUT2D eigenvalue weighted by atomic mass is 10.2. The van der Waals surface area contributed by atoms with Crippen LogP contribution in [0.4, 0.5) is 11.4 Å². The molecule has 0 aromatic heterocycles. The van der Waals surface area contributed by atoms with Crippen molar-refractivity contribution in [2.45, 2.75) is 12.5 Å². The first-order chi connectivity index (χ1) is 7.68. The molecule has 1 fully saturated rings. The molecule has 17 heavy (non-hydrogen) atoms. The van der Waals surface area contributed by atoms with Gasteiger partial charge < -0.3 is 10.2 Å². The van der Waals surface area contributed by atoms with Crippen LogP contribution >= 0.6 is 12.4 Å². The Bertz CT molecular complexity index is 377. The molecule has 1 aliphatic rings. The highest BCUT2D eigenvalue weighted by Gasteiger charge is 2.19. The van der Waals surface area contributed by atoms with Gasteiger partial charge in [-0.1, -0.05) is 0 Å². The zero-order valence-electron chi connectivity index (χ0n) is 9.63. The summed E-state index contributed by atoms with van der Waals surface area (Å²) >= 11 is 0. The van der Waals surface area contributed by atoms with Crippen molar-refractivity contribution >= 4 is 23.8 Å². The van der Waals surface area contributed by atoms with Gasteiger partial charge in [0, 0.05) is 37.5 Å². The van der Waals surface area contributed by atoms with Crippen LogP contribution in [-0.2, 0) is 0 Å². The van der Waals surface area contributed by atoms with Gasteiger partial charge in [-0.05, 0) is 25.1 Å². The number of likely N-dealkylation sites (N-methyl/N-ethyl adjacent to an activating group) is 1. The first kappa shape index (κ1) is 13.7. The highest BCUT2D eigenvalue weighted by Crippen LogP contribution is 2.21. The molecule has 1 aromatic rings. The molecule has 0 radical (unpaired) electrons. The van der Waals surface area contributed by atoms with Gasteiger partial charge in [0.2, 0.25) is 0 Å². The van der Waals surface area contributed by atoms with Crippen molar-refractivity contribution in [1.82, 2.24) is 5.32 Å². The predicted octanol–water partition coefficient (Wildman–Crippen LogP) is 1.81. The standard InChI is InChI=1S/C11H15N3O2.ClH/c1-13(11-6-7-12-8-11)9-2-4-10(5-3-9)14(15)16;/h2-5,11-12H,6-8H2,1H3;1H. The number of benzene rings is 1. The molecule has 0 aliphatic carbocycles. The van der Waals surface area contributed by atoms with E-state index in [0.29, 0.717) is 6.04 Å². The SMILES string of the molecule is CN(c1ccc([N+](=O)[O-])cc1)C1CCNC1.Cl. The van der Waals surface area contributed by atoms with Crippen LogP contribution in [0.3, 0.4) is 0 Å². The van der Waals surface area contributed by atoms with Crippen LogP contribution in [0.5, 0.6) is 0 Å². The van der Waals surface area contributed by atoms with E-state index in [-0.39, 0.29) is 23.0 Å². The molecule has 0 amide bonds. The number of hydrogen-bond acceptors (Lipinski definition) is 4. The molecule has 1 unspecified atom stereocenters. The fraction of sp³-hybridized carbons (Fsp3) is 0.455. The molecule has 2 rings (SSSR count). The number of halogens is 1. The summed E-state index contributed by atoms with van der Waals surface area (Å²) in [7, 11) is 2.03. The van der Waals surface area contributed by atoms with Gasteiger partial charge >= 0.3 is 0 Å². The Balaban J connectivity index is 0.00000144. The number of nitrogens with one attached hydrogen (secondary N) is 1. The zero-order chi connectivity index (χ0) is 11.5. The minimum Gasteiger partial charge on any atom is -0.370 e. The topological polar surface area (TPSA) is 58.4 Å². The second kappa shape index (κ2) is 5.84. The predicted molar refractivity (Wildman–Crippen MR) is 70.0 cm³/mol. The Morgan fingerprint density at radius 1 is 1.41 bits per heavy atom. The minimum atomic E-state index is -0.374. The molecule has 0 saturated carbocycles. The number of hydrogen-bond donors (Lipinski definition) is 1. The molecule has 5 nitrogen and oxygen atoms in total. The third-order valence-corrected chi connectivity index (χ3v) is 3.05. The third kappa shape index (κ3) is 3.08. The zero-order valence-corrected chi connectivity index (χ0v) is 10.4. The van der Waals surface area contributed by atoms with E-state index in [2.05, 4.69) is 10.2 Å². The van der Waals surface area contributed by atoms with Crippen molar-refractivity contribution in [2.24, 2.45) is 0 Å². The van der Waals surface area contributed by atoms with Gasteiger partial charge in [0.05, 0.1) is 4.92 Å². The van der Waals surface area contributed by atoms with Gasteiger partial charge in [-0.25, -0.2) is 0 Å². The van der Waals surface area contributed by atoms with Gasteiger partial charge in [0.1, 0.15) is 0 Å². The van der Waals surface area contributed by atoms with E-state index in [1.54, 1.807) is 24.3 Å². The van der Waals surface area contributed by atoms with E-state index in [9.17, 15) is 10.1 Å². The highest BCUT2D eigenvalue weighted by atomic mass is 35.5. The summed E-state index contributed by atoms with van der Waals surface area (Å²) in [5.74, 6) is 0. The van der Waals surface area contributed by atoms with Gasteiger partial charge in [0.15, 0.2) is 0 Å². The van der Waals surface area contributed by atoms with E-state index < -0.39 is 0 Å². The highest BCUT2D eigenvalue weighted by molar-refractivity contribution is 5.85. The molecule has 1 heterocycles. The summed E-state index contributed by atoms with van der Waals surface area (Å²) in [5, 5.41) is 13.8. The van der Waals surface area contributed by atoms with Crippen LogP contribution < -0.4 is 10.2 Å². The third-order valence-electron chi connectivity index (χ3n) is 3.05. The van der Waals surface area contributed by atoms with Crippen molar-refractivity contribution in [3.63, 3.8) is 0 Å². The second-order valence-corrected chi connectivity index (χ2v) is 4.03. The lowest BCUT2D eigenvalue weighted by Gasteiger charge is -2.25. The number of non-ortho nitro benzene ring substituents is 1. The van der Waals surface area contributed by atoms with E-state index in [1.807, 2.05) is 7.05 Å². The van der Waals surface area contributed by atoms with Gasteiger partial charge in [-0.15, -0.1) is 12.4 Å². The molecule has 6 heteroatoms. The van der Waals surface area contributed by atoms with E-state index >= 15 is 0 Å². The Hall–Kier alpha value is -1.33. The molecule has 1 aliphatic heterocycles. The quantitative estimate of drug-likeness (QED) is 0.663. The smallest absolute Gasteiger partial charge is 0.269 e. The Morgan fingerprint density at radius 2 is 2.06 bits per heavy atom. The number of rotatable bonds is 3. The Labute approximate surface area is 106 Å². The summed E-state index contributed by atoms with van der Waals surface area (Å²) in [4.78, 5) is 12.3. The summed E-state index contributed by atoms with van der Waals surface area (Å²) in [5.41, 5.74) is 1.17. The number of nitro benzene ring substituents is 1. The van der Waals surface area contributed by atoms with Crippen LogP contribution in [0.15, 0.2) is 24.3 Å². The van der Waals surface area contributed by atoms with Crippen molar-refractivity contribution in [2.75, 3.05) is 25.0 Å². The molecule has 1 atom stereocenters. The lowest BCUT2D eigenvalue weighted by molar-refractivity contribution is -0.384. The van der Waals surface area contributed by atoms with Crippen LogP contribution in [-0.4, -0.2) is 31.1 Å². The monoisotopic (exact) mass is 257 g/mol. The maximum atomic E-state index is 10.5. The van der Waals surface area contributed by atoms with Gasteiger partial charge in [0.25, 0.3) is 5.69 Å². The van der Waals surface area contributed by atoms with Gasteiger partial charge in [-0.2, -0.15) is 0 Å². The van der Waals surface area contributed by atoms with Crippen LogP contribution in [0.1, 0.15) is 6.42 Å². The maximum Gasteiger partial charge on any atom is 0.269 e. The average molecular weight is 258 g/mol. The number of nitrogens with zero attached hydrogens (tertiary/aromatic N) is 2. The Morgan fingerprint density at radius 3 is 2.53 bits per heavy atom. The summed E-state index contributed by atoms with van der Waals surface area (Å²) in [6, 6.07) is 7.19. The average Bonchev–Trinajstić information content (AvgIpc) is 2.81.